The Hall–Kier alpha value is -4.43. The highest BCUT2D eigenvalue weighted by Gasteiger charge is 2.29. The fourth-order valence-electron chi connectivity index (χ4n) is 4.04. The van der Waals surface area contributed by atoms with E-state index in [0.717, 1.165) is 12.0 Å². The van der Waals surface area contributed by atoms with Crippen molar-refractivity contribution in [3.8, 4) is 0 Å². The number of carbonyl (C=O) groups is 2. The van der Waals surface area contributed by atoms with Crippen LogP contribution in [0.25, 0.3) is 0 Å². The Labute approximate surface area is 229 Å². The van der Waals surface area contributed by atoms with Crippen LogP contribution in [-0.4, -0.2) is 26.3 Å². The summed E-state index contributed by atoms with van der Waals surface area (Å²) in [5, 5.41) is 5.74. The second-order valence-electron chi connectivity index (χ2n) is 9.11. The Morgan fingerprint density at radius 3 is 1.97 bits per heavy atom. The van der Waals surface area contributed by atoms with Gasteiger partial charge in [0.05, 0.1) is 33.9 Å². The van der Waals surface area contributed by atoms with Crippen LogP contribution in [0, 0.1) is 0 Å². The largest absolute Gasteiger partial charge is 0.350 e. The molecule has 0 aliphatic carbocycles. The van der Waals surface area contributed by atoms with Crippen molar-refractivity contribution in [3.05, 3.63) is 126 Å². The van der Waals surface area contributed by atoms with Crippen LogP contribution in [-0.2, 0) is 16.6 Å². The molecule has 8 heteroatoms. The summed E-state index contributed by atoms with van der Waals surface area (Å²) in [5.41, 5.74) is 1.80. The molecule has 0 bridgehead atoms. The van der Waals surface area contributed by atoms with Crippen molar-refractivity contribution in [2.24, 2.45) is 0 Å². The van der Waals surface area contributed by atoms with Crippen molar-refractivity contribution in [3.63, 3.8) is 0 Å². The minimum atomic E-state index is -4.03. The van der Waals surface area contributed by atoms with E-state index in [4.69, 9.17) is 0 Å². The lowest BCUT2D eigenvalue weighted by Crippen LogP contribution is -2.33. The number of rotatable bonds is 10. The zero-order valence-corrected chi connectivity index (χ0v) is 22.7. The molecule has 0 unspecified atom stereocenters. The van der Waals surface area contributed by atoms with E-state index >= 15 is 0 Å². The van der Waals surface area contributed by atoms with Gasteiger partial charge in [0.15, 0.2) is 0 Å². The molecule has 0 aromatic heterocycles. The van der Waals surface area contributed by atoms with Crippen LogP contribution >= 0.6 is 0 Å². The van der Waals surface area contributed by atoms with Crippen molar-refractivity contribution in [2.75, 3.05) is 9.62 Å². The predicted octanol–water partition coefficient (Wildman–Crippen LogP) is 5.86. The van der Waals surface area contributed by atoms with Gasteiger partial charge in [-0.15, -0.1) is 0 Å². The maximum absolute atomic E-state index is 13.9. The van der Waals surface area contributed by atoms with Gasteiger partial charge in [-0.3, -0.25) is 13.9 Å². The average molecular weight is 542 g/mol. The molecule has 0 spiro atoms. The Morgan fingerprint density at radius 1 is 0.744 bits per heavy atom. The van der Waals surface area contributed by atoms with E-state index in [-0.39, 0.29) is 34.6 Å². The van der Waals surface area contributed by atoms with Crippen molar-refractivity contribution in [1.29, 1.82) is 0 Å². The molecule has 0 aliphatic rings. The number of sulfonamides is 1. The molecule has 2 amide bonds. The summed E-state index contributed by atoms with van der Waals surface area (Å²) >= 11 is 0. The van der Waals surface area contributed by atoms with E-state index in [1.54, 1.807) is 66.7 Å². The highest BCUT2D eigenvalue weighted by molar-refractivity contribution is 7.92. The van der Waals surface area contributed by atoms with Crippen LogP contribution in [0.4, 0.5) is 11.4 Å². The number of carbonyl (C=O) groups excluding carboxylic acids is 2. The number of para-hydroxylation sites is 2. The van der Waals surface area contributed by atoms with Crippen LogP contribution in [0.5, 0.6) is 0 Å². The van der Waals surface area contributed by atoms with Gasteiger partial charge >= 0.3 is 0 Å². The number of nitrogens with zero attached hydrogens (tertiary/aromatic N) is 1. The van der Waals surface area contributed by atoms with Gasteiger partial charge in [-0.25, -0.2) is 8.42 Å². The number of amides is 2. The van der Waals surface area contributed by atoms with Gasteiger partial charge in [0.2, 0.25) is 0 Å². The molecular weight excluding hydrogens is 510 g/mol. The summed E-state index contributed by atoms with van der Waals surface area (Å²) in [5.74, 6) is -0.832. The van der Waals surface area contributed by atoms with Crippen LogP contribution in [0.1, 0.15) is 46.5 Å². The Bertz CT molecular complexity index is 1540. The van der Waals surface area contributed by atoms with Gasteiger partial charge < -0.3 is 10.6 Å². The highest BCUT2D eigenvalue weighted by atomic mass is 32.2. The molecule has 39 heavy (non-hydrogen) atoms. The molecule has 0 heterocycles. The van der Waals surface area contributed by atoms with E-state index in [2.05, 4.69) is 10.6 Å². The molecule has 0 fully saturated rings. The van der Waals surface area contributed by atoms with Crippen LogP contribution in [0.15, 0.2) is 114 Å². The van der Waals surface area contributed by atoms with Crippen LogP contribution in [0.2, 0.25) is 0 Å². The van der Waals surface area contributed by atoms with E-state index in [1.165, 1.54) is 16.4 Å². The zero-order chi connectivity index (χ0) is 27.8. The summed E-state index contributed by atoms with van der Waals surface area (Å²) in [6.45, 7) is 3.90. The lowest BCUT2D eigenvalue weighted by atomic mass is 10.1. The first-order valence-electron chi connectivity index (χ1n) is 12.7. The first-order chi connectivity index (χ1) is 18.8. The minimum Gasteiger partial charge on any atom is -0.350 e. The summed E-state index contributed by atoms with van der Waals surface area (Å²) in [6.07, 6.45) is 0.765. The second kappa shape index (κ2) is 12.4. The Balaban J connectivity index is 1.74. The fraction of sp³-hybridized carbons (Fsp3) is 0.161. The lowest BCUT2D eigenvalue weighted by molar-refractivity contribution is 0.0940. The van der Waals surface area contributed by atoms with Gasteiger partial charge in [-0.1, -0.05) is 79.7 Å². The molecule has 0 radical (unpaired) electrons. The molecule has 200 valence electrons. The second-order valence-corrected chi connectivity index (χ2v) is 11.0. The van der Waals surface area contributed by atoms with Crippen LogP contribution in [0.3, 0.4) is 0 Å². The maximum atomic E-state index is 13.9. The van der Waals surface area contributed by atoms with E-state index < -0.39 is 15.9 Å². The van der Waals surface area contributed by atoms with Crippen molar-refractivity contribution < 1.29 is 18.0 Å². The van der Waals surface area contributed by atoms with Gasteiger partial charge in [0.25, 0.3) is 21.8 Å². The van der Waals surface area contributed by atoms with E-state index in [0.29, 0.717) is 11.3 Å². The number of nitrogens with one attached hydrogen (secondary N) is 2. The van der Waals surface area contributed by atoms with E-state index in [9.17, 15) is 18.0 Å². The van der Waals surface area contributed by atoms with Gasteiger partial charge in [-0.05, 0) is 55.3 Å². The summed E-state index contributed by atoms with van der Waals surface area (Å²) in [4.78, 5) is 26.6. The summed E-state index contributed by atoms with van der Waals surface area (Å²) < 4.78 is 29.0. The first kappa shape index (κ1) is 27.6. The van der Waals surface area contributed by atoms with Gasteiger partial charge in [0, 0.05) is 6.04 Å². The van der Waals surface area contributed by atoms with E-state index in [1.807, 2.05) is 44.2 Å². The molecule has 4 aromatic carbocycles. The zero-order valence-electron chi connectivity index (χ0n) is 21.9. The average Bonchev–Trinajstić information content (AvgIpc) is 2.97. The Kier molecular flexibility index (Phi) is 8.78. The molecule has 0 aliphatic heterocycles. The number of benzene rings is 4. The summed E-state index contributed by atoms with van der Waals surface area (Å²) in [6, 6.07) is 30.6. The predicted molar refractivity (Wildman–Crippen MR) is 154 cm³/mol. The molecule has 2 N–H and O–H groups in total. The molecule has 4 rings (SSSR count). The highest BCUT2D eigenvalue weighted by Crippen LogP contribution is 2.30. The SMILES string of the molecule is CC[C@H](C)NC(=O)c1ccccc1NC(=O)c1ccccc1N(Cc1ccccc1)S(=O)(=O)c1ccccc1. The first-order valence-corrected chi connectivity index (χ1v) is 14.2. The molecule has 0 saturated carbocycles. The number of hydrogen-bond donors (Lipinski definition) is 2. The smallest absolute Gasteiger partial charge is 0.264 e. The van der Waals surface area contributed by atoms with Crippen molar-refractivity contribution in [2.45, 2.75) is 37.8 Å². The number of hydrogen-bond acceptors (Lipinski definition) is 4. The third-order valence-corrected chi connectivity index (χ3v) is 8.10. The molecule has 7 nitrogen and oxygen atoms in total. The van der Waals surface area contributed by atoms with Gasteiger partial charge in [-0.2, -0.15) is 0 Å². The molecule has 4 aromatic rings. The normalized spacial score (nSPS) is 11.8. The summed E-state index contributed by atoms with van der Waals surface area (Å²) in [7, 11) is -4.03. The standard InChI is InChI=1S/C31H31N3O4S/c1-3-23(2)32-30(35)26-18-10-12-20-28(26)33-31(36)27-19-11-13-21-29(27)34(22-24-14-6-4-7-15-24)39(37,38)25-16-8-5-9-17-25/h4-21,23H,3,22H2,1-2H3,(H,32,35)(H,33,36)/t23-/m0/s1. The topological polar surface area (TPSA) is 95.6 Å². The Morgan fingerprint density at radius 2 is 1.31 bits per heavy atom. The van der Waals surface area contributed by atoms with Gasteiger partial charge in [0.1, 0.15) is 0 Å². The van der Waals surface area contributed by atoms with Crippen molar-refractivity contribution in [1.82, 2.24) is 5.32 Å². The maximum Gasteiger partial charge on any atom is 0.264 e. The minimum absolute atomic E-state index is 0.0241. The quantitative estimate of drug-likeness (QED) is 0.263. The fourth-order valence-corrected chi connectivity index (χ4v) is 5.53. The number of anilines is 2. The molecule has 0 saturated heterocycles. The monoisotopic (exact) mass is 541 g/mol. The third-order valence-electron chi connectivity index (χ3n) is 6.33. The van der Waals surface area contributed by atoms with Crippen molar-refractivity contribution >= 4 is 33.2 Å². The third kappa shape index (κ3) is 6.53. The van der Waals surface area contributed by atoms with Crippen LogP contribution < -0.4 is 14.9 Å². The lowest BCUT2D eigenvalue weighted by Gasteiger charge is -2.27. The molecule has 1 atom stereocenters. The molecular formula is C31H31N3O4S.